The molecule has 98 valence electrons. The zero-order valence-corrected chi connectivity index (χ0v) is 10.0. The van der Waals surface area contributed by atoms with E-state index in [1.165, 1.54) is 11.8 Å². The zero-order chi connectivity index (χ0) is 13.1. The molecule has 17 heavy (non-hydrogen) atoms. The van der Waals surface area contributed by atoms with Gasteiger partial charge in [-0.05, 0) is 18.4 Å². The van der Waals surface area contributed by atoms with Crippen molar-refractivity contribution in [2.75, 3.05) is 18.6 Å². The summed E-state index contributed by atoms with van der Waals surface area (Å²) in [7, 11) is 0. The average Bonchev–Trinajstić information content (AvgIpc) is 2.47. The summed E-state index contributed by atoms with van der Waals surface area (Å²) >= 11 is 1.51. The van der Waals surface area contributed by atoms with E-state index in [1.54, 1.807) is 0 Å². The molecule has 0 bridgehead atoms. The average molecular weight is 270 g/mol. The third-order valence-electron chi connectivity index (χ3n) is 2.34. The number of urea groups is 1. The van der Waals surface area contributed by atoms with Gasteiger partial charge in [0.05, 0.1) is 6.42 Å². The number of carbonyl (C=O) groups is 2. The largest absolute Gasteiger partial charge is 0.390 e. The van der Waals surface area contributed by atoms with Crippen LogP contribution in [0.2, 0.25) is 0 Å². The van der Waals surface area contributed by atoms with Crippen molar-refractivity contribution < 1.29 is 22.8 Å². The van der Waals surface area contributed by atoms with E-state index in [4.69, 9.17) is 0 Å². The molecule has 1 fully saturated rings. The lowest BCUT2D eigenvalue weighted by Crippen LogP contribution is -2.34. The van der Waals surface area contributed by atoms with E-state index < -0.39 is 37.1 Å². The van der Waals surface area contributed by atoms with E-state index in [0.29, 0.717) is 17.1 Å². The van der Waals surface area contributed by atoms with Crippen LogP contribution in [-0.4, -0.2) is 47.6 Å². The molecule has 1 aliphatic rings. The van der Waals surface area contributed by atoms with Crippen molar-refractivity contribution in [1.82, 2.24) is 10.2 Å². The first kappa shape index (κ1) is 14.1. The molecule has 3 amide bonds. The van der Waals surface area contributed by atoms with Gasteiger partial charge in [-0.25, -0.2) is 4.79 Å². The number of thioether (sulfide) groups is 1. The maximum absolute atomic E-state index is 12.0. The molecular formula is C9H13F3N2O2S. The van der Waals surface area contributed by atoms with Crippen LogP contribution in [0, 0.1) is 0 Å². The Bertz CT molecular complexity index is 309. The molecule has 1 aliphatic heterocycles. The second kappa shape index (κ2) is 5.61. The van der Waals surface area contributed by atoms with E-state index in [1.807, 2.05) is 6.26 Å². The van der Waals surface area contributed by atoms with Gasteiger partial charge in [-0.3, -0.25) is 9.69 Å². The molecule has 4 nitrogen and oxygen atoms in total. The van der Waals surface area contributed by atoms with Gasteiger partial charge in [-0.2, -0.15) is 24.9 Å². The molecule has 0 saturated carbocycles. The fourth-order valence-electron chi connectivity index (χ4n) is 1.46. The Kier molecular flexibility index (Phi) is 4.67. The van der Waals surface area contributed by atoms with Gasteiger partial charge in [0.25, 0.3) is 5.91 Å². The Labute approximate surface area is 101 Å². The maximum Gasteiger partial charge on any atom is 0.390 e. The van der Waals surface area contributed by atoms with Gasteiger partial charge >= 0.3 is 12.2 Å². The molecule has 0 aromatic heterocycles. The van der Waals surface area contributed by atoms with Crippen molar-refractivity contribution in [3.63, 3.8) is 0 Å². The number of hydrogen-bond acceptors (Lipinski definition) is 3. The Morgan fingerprint density at radius 1 is 1.41 bits per heavy atom. The van der Waals surface area contributed by atoms with Crippen molar-refractivity contribution in [3.8, 4) is 0 Å². The molecular weight excluding hydrogens is 257 g/mol. The van der Waals surface area contributed by atoms with Crippen LogP contribution >= 0.6 is 11.8 Å². The molecule has 1 heterocycles. The highest BCUT2D eigenvalue weighted by atomic mass is 32.2. The number of halogens is 3. The summed E-state index contributed by atoms with van der Waals surface area (Å²) in [5.74, 6) is 0.109. The molecule has 1 atom stereocenters. The normalized spacial score (nSPS) is 20.9. The SMILES string of the molecule is CSCC[C@@H]1NC(=O)N(CCC(F)(F)F)C1=O. The lowest BCUT2D eigenvalue weighted by atomic mass is 10.2. The molecule has 0 spiro atoms. The molecule has 0 aromatic carbocycles. The Hall–Kier alpha value is -0.920. The standard InChI is InChI=1S/C9H13F3N2O2S/c1-17-5-2-6-7(15)14(8(16)13-6)4-3-9(10,11)12/h6H,2-5H2,1H3,(H,13,16)/t6-/m0/s1. The van der Waals surface area contributed by atoms with Crippen LogP contribution in [-0.2, 0) is 4.79 Å². The van der Waals surface area contributed by atoms with E-state index in [-0.39, 0.29) is 0 Å². The van der Waals surface area contributed by atoms with Crippen LogP contribution in [0.3, 0.4) is 0 Å². The minimum atomic E-state index is -4.36. The van der Waals surface area contributed by atoms with Crippen LogP contribution in [0.25, 0.3) is 0 Å². The van der Waals surface area contributed by atoms with E-state index in [0.717, 1.165) is 0 Å². The predicted octanol–water partition coefficient (Wildman–Crippen LogP) is 1.61. The lowest BCUT2D eigenvalue weighted by Gasteiger charge is -2.14. The molecule has 0 radical (unpaired) electrons. The van der Waals surface area contributed by atoms with Crippen LogP contribution in [0.15, 0.2) is 0 Å². The van der Waals surface area contributed by atoms with E-state index in [2.05, 4.69) is 5.32 Å². The maximum atomic E-state index is 12.0. The van der Waals surface area contributed by atoms with Crippen molar-refractivity contribution in [1.29, 1.82) is 0 Å². The second-order valence-corrected chi connectivity index (χ2v) is 4.62. The quantitative estimate of drug-likeness (QED) is 0.772. The van der Waals surface area contributed by atoms with Crippen molar-refractivity contribution in [3.05, 3.63) is 0 Å². The van der Waals surface area contributed by atoms with Crippen molar-refractivity contribution >= 4 is 23.7 Å². The van der Waals surface area contributed by atoms with E-state index >= 15 is 0 Å². The van der Waals surface area contributed by atoms with Gasteiger partial charge in [-0.15, -0.1) is 0 Å². The Balaban J connectivity index is 2.51. The fraction of sp³-hybridized carbons (Fsp3) is 0.778. The van der Waals surface area contributed by atoms with Gasteiger partial charge in [0.2, 0.25) is 0 Å². The number of amides is 3. The second-order valence-electron chi connectivity index (χ2n) is 3.64. The molecule has 0 unspecified atom stereocenters. The highest BCUT2D eigenvalue weighted by molar-refractivity contribution is 7.98. The van der Waals surface area contributed by atoms with Crippen LogP contribution in [0.4, 0.5) is 18.0 Å². The molecule has 0 aliphatic carbocycles. The third kappa shape index (κ3) is 4.10. The van der Waals surface area contributed by atoms with Gasteiger partial charge in [0, 0.05) is 6.54 Å². The number of hydrogen-bond donors (Lipinski definition) is 1. The van der Waals surface area contributed by atoms with Gasteiger partial charge in [0.15, 0.2) is 0 Å². The summed E-state index contributed by atoms with van der Waals surface area (Å²) in [4.78, 5) is 23.5. The number of carbonyl (C=O) groups excluding carboxylic acids is 2. The zero-order valence-electron chi connectivity index (χ0n) is 9.21. The monoisotopic (exact) mass is 270 g/mol. The van der Waals surface area contributed by atoms with Crippen molar-refractivity contribution in [2.24, 2.45) is 0 Å². The summed E-state index contributed by atoms with van der Waals surface area (Å²) in [5.41, 5.74) is 0. The van der Waals surface area contributed by atoms with Crippen molar-refractivity contribution in [2.45, 2.75) is 25.1 Å². The summed E-state index contributed by atoms with van der Waals surface area (Å²) in [6.45, 7) is -0.607. The summed E-state index contributed by atoms with van der Waals surface area (Å²) in [6, 6.07) is -1.41. The van der Waals surface area contributed by atoms with E-state index in [9.17, 15) is 22.8 Å². The number of nitrogens with zero attached hydrogens (tertiary/aromatic N) is 1. The topological polar surface area (TPSA) is 49.4 Å². The predicted molar refractivity (Wildman–Crippen MR) is 57.7 cm³/mol. The Morgan fingerprint density at radius 2 is 2.06 bits per heavy atom. The van der Waals surface area contributed by atoms with Crippen LogP contribution < -0.4 is 5.32 Å². The number of rotatable bonds is 5. The van der Waals surface area contributed by atoms with Gasteiger partial charge in [0.1, 0.15) is 6.04 Å². The number of imide groups is 1. The lowest BCUT2D eigenvalue weighted by molar-refractivity contribution is -0.141. The summed E-state index contributed by atoms with van der Waals surface area (Å²) in [5, 5.41) is 2.38. The van der Waals surface area contributed by atoms with Gasteiger partial charge < -0.3 is 5.32 Å². The summed E-state index contributed by atoms with van der Waals surface area (Å²) in [6.07, 6.45) is -3.24. The number of alkyl halides is 3. The van der Waals surface area contributed by atoms with Crippen LogP contribution in [0.1, 0.15) is 12.8 Å². The minimum absolute atomic E-state index is 0.439. The molecule has 0 aromatic rings. The minimum Gasteiger partial charge on any atom is -0.326 e. The fourth-order valence-corrected chi connectivity index (χ4v) is 1.93. The molecule has 1 N–H and O–H groups in total. The Morgan fingerprint density at radius 3 is 2.59 bits per heavy atom. The highest BCUT2D eigenvalue weighted by Gasteiger charge is 2.39. The molecule has 1 saturated heterocycles. The number of nitrogens with one attached hydrogen (secondary N) is 1. The van der Waals surface area contributed by atoms with Gasteiger partial charge in [-0.1, -0.05) is 0 Å². The smallest absolute Gasteiger partial charge is 0.326 e. The molecule has 8 heteroatoms. The molecule has 1 rings (SSSR count). The summed E-state index contributed by atoms with van der Waals surface area (Å²) < 4.78 is 36.0. The third-order valence-corrected chi connectivity index (χ3v) is 2.98. The first-order valence-electron chi connectivity index (χ1n) is 5.02. The first-order valence-corrected chi connectivity index (χ1v) is 6.42. The first-order chi connectivity index (χ1) is 7.85. The highest BCUT2D eigenvalue weighted by Crippen LogP contribution is 2.21. The van der Waals surface area contributed by atoms with Crippen LogP contribution in [0.5, 0.6) is 0 Å².